The molecule has 35 heavy (non-hydrogen) atoms. The van der Waals surface area contributed by atoms with Crippen molar-refractivity contribution < 1.29 is 30.9 Å². The molecule has 0 saturated heterocycles. The molecule has 8 nitrogen and oxygen atoms in total. The van der Waals surface area contributed by atoms with Crippen LogP contribution in [-0.4, -0.2) is 39.5 Å². The summed E-state index contributed by atoms with van der Waals surface area (Å²) < 4.78 is 63.7. The van der Waals surface area contributed by atoms with Gasteiger partial charge in [-0.25, -0.2) is 8.42 Å². The molecule has 0 saturated carbocycles. The first-order chi connectivity index (χ1) is 16.6. The third-order valence-electron chi connectivity index (χ3n) is 5.97. The highest BCUT2D eigenvalue weighted by Gasteiger charge is 2.40. The lowest BCUT2D eigenvalue weighted by molar-refractivity contribution is 0.104. The zero-order chi connectivity index (χ0) is 25.0. The molecule has 2 aliphatic rings. The standard InChI is InChI=1S/C25H21NO7S2/c1-16-7-9-20-19(15-16)26(13-4-14-34(28,29)30)23(33-20)12-11-22-25(27)24-18-6-3-2-5-17(18)8-10-21(24)35(22,31)32/h2-3,5-12,15H,4,13-14H2,1H3,(H,28,29,30)/b22-11-,23-12-. The van der Waals surface area contributed by atoms with Gasteiger partial charge in [0.2, 0.25) is 21.5 Å². The molecule has 0 amide bonds. The summed E-state index contributed by atoms with van der Waals surface area (Å²) in [7, 11) is -8.16. The van der Waals surface area contributed by atoms with Crippen LogP contribution in [0.1, 0.15) is 22.3 Å². The van der Waals surface area contributed by atoms with Crippen LogP contribution in [0, 0.1) is 6.92 Å². The minimum atomic E-state index is -4.14. The van der Waals surface area contributed by atoms with Crippen molar-refractivity contribution in [2.75, 3.05) is 17.2 Å². The third-order valence-corrected chi connectivity index (χ3v) is 8.59. The molecule has 1 N–H and O–H groups in total. The first-order valence-electron chi connectivity index (χ1n) is 10.8. The smallest absolute Gasteiger partial charge is 0.264 e. The van der Waals surface area contributed by atoms with Crippen LogP contribution in [0.25, 0.3) is 10.8 Å². The number of ketones is 1. The Balaban J connectivity index is 1.54. The molecule has 0 spiro atoms. The number of nitrogens with zero attached hydrogens (tertiary/aromatic N) is 1. The van der Waals surface area contributed by atoms with Gasteiger partial charge in [0.05, 0.1) is 21.9 Å². The van der Waals surface area contributed by atoms with Gasteiger partial charge >= 0.3 is 0 Å². The van der Waals surface area contributed by atoms with Crippen molar-refractivity contribution in [1.29, 1.82) is 0 Å². The molecule has 3 aromatic rings. The summed E-state index contributed by atoms with van der Waals surface area (Å²) in [6.45, 7) is 2.09. The molecule has 2 heterocycles. The number of carbonyl (C=O) groups excluding carboxylic acids is 1. The molecule has 5 rings (SSSR count). The number of benzene rings is 3. The van der Waals surface area contributed by atoms with Gasteiger partial charge in [-0.2, -0.15) is 8.42 Å². The molecule has 0 aromatic heterocycles. The van der Waals surface area contributed by atoms with E-state index in [1.807, 2.05) is 31.2 Å². The van der Waals surface area contributed by atoms with E-state index in [0.717, 1.165) is 10.9 Å². The SMILES string of the molecule is Cc1ccc2c(c1)N(CCCS(=O)(=O)O)/C(=C/C=C1/C(=O)c3c(ccc4ccccc34)S1(=O)=O)O2. The number of Topliss-reactive ketones (excluding diaryl/α,β-unsaturated/α-hetero) is 1. The Bertz CT molecular complexity index is 1670. The number of ether oxygens (including phenoxy) is 1. The van der Waals surface area contributed by atoms with Crippen molar-refractivity contribution in [3.05, 3.63) is 88.7 Å². The van der Waals surface area contributed by atoms with Crippen LogP contribution in [0.5, 0.6) is 5.75 Å². The molecular formula is C25H21NO7S2. The topological polar surface area (TPSA) is 118 Å². The van der Waals surface area contributed by atoms with Crippen LogP contribution in [0.15, 0.2) is 82.4 Å². The quantitative estimate of drug-likeness (QED) is 0.403. The molecule has 0 aliphatic carbocycles. The van der Waals surface area contributed by atoms with Crippen LogP contribution in [0.2, 0.25) is 0 Å². The van der Waals surface area contributed by atoms with E-state index < -0.39 is 31.5 Å². The zero-order valence-corrected chi connectivity index (χ0v) is 20.3. The molecule has 0 radical (unpaired) electrons. The second kappa shape index (κ2) is 8.33. The number of allylic oxidation sites excluding steroid dienone is 3. The number of rotatable bonds is 5. The monoisotopic (exact) mass is 511 g/mol. The fourth-order valence-electron chi connectivity index (χ4n) is 4.36. The maximum absolute atomic E-state index is 13.2. The average molecular weight is 512 g/mol. The van der Waals surface area contributed by atoms with E-state index in [1.54, 1.807) is 29.2 Å². The lowest BCUT2D eigenvalue weighted by atomic mass is 10.0. The number of aryl methyl sites for hydroxylation is 1. The molecule has 0 fully saturated rings. The summed E-state index contributed by atoms with van der Waals surface area (Å²) in [5.41, 5.74) is 1.78. The maximum atomic E-state index is 13.2. The Labute approximate surface area is 202 Å². The number of carbonyl (C=O) groups is 1. The highest BCUT2D eigenvalue weighted by molar-refractivity contribution is 7.97. The number of fused-ring (bicyclic) bond motifs is 4. The van der Waals surface area contributed by atoms with Crippen molar-refractivity contribution in [3.8, 4) is 5.75 Å². The molecule has 180 valence electrons. The van der Waals surface area contributed by atoms with Gasteiger partial charge in [-0.05, 0) is 54.0 Å². The summed E-state index contributed by atoms with van der Waals surface area (Å²) >= 11 is 0. The Kier molecular flexibility index (Phi) is 5.54. The van der Waals surface area contributed by atoms with Crippen LogP contribution >= 0.6 is 0 Å². The lowest BCUT2D eigenvalue weighted by Gasteiger charge is -2.18. The molecular weight excluding hydrogens is 490 g/mol. The molecule has 0 atom stereocenters. The van der Waals surface area contributed by atoms with Gasteiger partial charge in [0.1, 0.15) is 4.91 Å². The third kappa shape index (κ3) is 4.13. The molecule has 0 bridgehead atoms. The highest BCUT2D eigenvalue weighted by Crippen LogP contribution is 2.41. The van der Waals surface area contributed by atoms with Crippen molar-refractivity contribution in [1.82, 2.24) is 0 Å². The predicted octanol–water partition coefficient (Wildman–Crippen LogP) is 4.02. The Morgan fingerprint density at radius 2 is 1.83 bits per heavy atom. The maximum Gasteiger partial charge on any atom is 0.264 e. The molecule has 0 unspecified atom stereocenters. The lowest BCUT2D eigenvalue weighted by Crippen LogP contribution is -2.23. The van der Waals surface area contributed by atoms with E-state index in [1.165, 1.54) is 18.2 Å². The Morgan fingerprint density at radius 1 is 1.06 bits per heavy atom. The highest BCUT2D eigenvalue weighted by atomic mass is 32.2. The van der Waals surface area contributed by atoms with Crippen LogP contribution in [0.3, 0.4) is 0 Å². The number of hydrogen-bond acceptors (Lipinski definition) is 7. The van der Waals surface area contributed by atoms with E-state index in [4.69, 9.17) is 9.29 Å². The number of hydrogen-bond donors (Lipinski definition) is 1. The van der Waals surface area contributed by atoms with Crippen LogP contribution < -0.4 is 9.64 Å². The van der Waals surface area contributed by atoms with Gasteiger partial charge in [-0.3, -0.25) is 9.35 Å². The Hall–Kier alpha value is -3.47. The first kappa shape index (κ1) is 23.3. The molecule has 3 aromatic carbocycles. The fourth-order valence-corrected chi connectivity index (χ4v) is 6.40. The van der Waals surface area contributed by atoms with Crippen molar-refractivity contribution in [2.45, 2.75) is 18.2 Å². The molecule has 2 aliphatic heterocycles. The zero-order valence-electron chi connectivity index (χ0n) is 18.6. The van der Waals surface area contributed by atoms with E-state index in [-0.39, 0.29) is 34.2 Å². The predicted molar refractivity (Wildman–Crippen MR) is 132 cm³/mol. The van der Waals surface area contributed by atoms with Gasteiger partial charge < -0.3 is 9.64 Å². The average Bonchev–Trinajstić information content (AvgIpc) is 3.23. The summed E-state index contributed by atoms with van der Waals surface area (Å²) in [4.78, 5) is 14.5. The van der Waals surface area contributed by atoms with E-state index >= 15 is 0 Å². The second-order valence-electron chi connectivity index (χ2n) is 8.39. The normalized spacial score (nSPS) is 18.8. The minimum Gasteiger partial charge on any atom is -0.439 e. The number of sulfone groups is 1. The summed E-state index contributed by atoms with van der Waals surface area (Å²) in [5.74, 6) is -0.258. The summed E-state index contributed by atoms with van der Waals surface area (Å²) in [5, 5.41) is 1.34. The fraction of sp³-hybridized carbons (Fsp3) is 0.160. The van der Waals surface area contributed by atoms with E-state index in [2.05, 4.69) is 0 Å². The number of anilines is 1. The summed E-state index contributed by atoms with van der Waals surface area (Å²) in [6.07, 6.45) is 2.75. The Morgan fingerprint density at radius 3 is 2.60 bits per heavy atom. The van der Waals surface area contributed by atoms with Crippen LogP contribution in [0.4, 0.5) is 5.69 Å². The van der Waals surface area contributed by atoms with Crippen LogP contribution in [-0.2, 0) is 20.0 Å². The van der Waals surface area contributed by atoms with E-state index in [9.17, 15) is 21.6 Å². The van der Waals surface area contributed by atoms with Gasteiger partial charge in [-0.1, -0.05) is 36.4 Å². The van der Waals surface area contributed by atoms with Gasteiger partial charge in [-0.15, -0.1) is 0 Å². The second-order valence-corrected chi connectivity index (χ2v) is 11.9. The van der Waals surface area contributed by atoms with Crippen molar-refractivity contribution >= 4 is 42.2 Å². The van der Waals surface area contributed by atoms with Gasteiger partial charge in [0.15, 0.2) is 5.75 Å². The minimum absolute atomic E-state index is 0.0258. The van der Waals surface area contributed by atoms with Crippen molar-refractivity contribution in [2.24, 2.45) is 0 Å². The first-order valence-corrected chi connectivity index (χ1v) is 13.9. The van der Waals surface area contributed by atoms with Gasteiger partial charge in [0, 0.05) is 12.6 Å². The molecule has 10 heteroatoms. The summed E-state index contributed by atoms with van der Waals surface area (Å²) in [6, 6.07) is 15.7. The van der Waals surface area contributed by atoms with Crippen molar-refractivity contribution in [3.63, 3.8) is 0 Å². The van der Waals surface area contributed by atoms with Gasteiger partial charge in [0.25, 0.3) is 10.1 Å². The van der Waals surface area contributed by atoms with E-state index in [0.29, 0.717) is 16.8 Å². The largest absolute Gasteiger partial charge is 0.439 e.